The molecule has 0 bridgehead atoms. The number of hydrogen-bond acceptors (Lipinski definition) is 6. The minimum absolute atomic E-state index is 0.0578. The van der Waals surface area contributed by atoms with E-state index in [0.717, 1.165) is 6.26 Å². The number of halogens is 1. The SMILES string of the molecule is CO[C@H]1C[C@](C)(S(C)(=O)=O)C(N)=N[C@]1(C)c1cc(N)ccc1F. The molecule has 0 fully saturated rings. The van der Waals surface area contributed by atoms with Gasteiger partial charge in [-0.15, -0.1) is 0 Å². The van der Waals surface area contributed by atoms with Crippen molar-refractivity contribution in [1.82, 2.24) is 0 Å². The monoisotopic (exact) mass is 343 g/mol. The number of methoxy groups -OCH3 is 1. The summed E-state index contributed by atoms with van der Waals surface area (Å²) < 4.78 is 42.7. The third-order valence-electron chi connectivity index (χ3n) is 4.74. The second-order valence-corrected chi connectivity index (χ2v) is 8.76. The van der Waals surface area contributed by atoms with Crippen molar-refractivity contribution < 1.29 is 17.5 Å². The summed E-state index contributed by atoms with van der Waals surface area (Å²) in [6, 6.07) is 4.17. The van der Waals surface area contributed by atoms with Crippen molar-refractivity contribution in [3.8, 4) is 0 Å². The fraction of sp³-hybridized carbons (Fsp3) is 0.533. The molecular weight excluding hydrogens is 321 g/mol. The van der Waals surface area contributed by atoms with Crippen LogP contribution in [-0.2, 0) is 20.1 Å². The third-order valence-corrected chi connectivity index (χ3v) is 6.75. The maximum absolute atomic E-state index is 14.3. The summed E-state index contributed by atoms with van der Waals surface area (Å²) in [6.45, 7) is 3.16. The summed E-state index contributed by atoms with van der Waals surface area (Å²) in [7, 11) is -2.09. The summed E-state index contributed by atoms with van der Waals surface area (Å²) in [5.41, 5.74) is 11.2. The van der Waals surface area contributed by atoms with Gasteiger partial charge in [0.15, 0.2) is 9.84 Å². The summed E-state index contributed by atoms with van der Waals surface area (Å²) in [4.78, 5) is 4.35. The molecule has 3 atom stereocenters. The molecule has 23 heavy (non-hydrogen) atoms. The number of ether oxygens (including phenoxy) is 1. The molecule has 4 N–H and O–H groups in total. The highest BCUT2D eigenvalue weighted by Gasteiger charge is 2.52. The molecule has 8 heteroatoms. The van der Waals surface area contributed by atoms with Crippen LogP contribution < -0.4 is 11.5 Å². The number of anilines is 1. The average Bonchev–Trinajstić information content (AvgIpc) is 2.44. The van der Waals surface area contributed by atoms with Crippen LogP contribution in [0.15, 0.2) is 23.2 Å². The van der Waals surface area contributed by atoms with Crippen LogP contribution in [0, 0.1) is 5.82 Å². The zero-order chi connectivity index (χ0) is 17.6. The van der Waals surface area contributed by atoms with Gasteiger partial charge in [0.1, 0.15) is 21.9 Å². The van der Waals surface area contributed by atoms with Gasteiger partial charge in [0.2, 0.25) is 0 Å². The van der Waals surface area contributed by atoms with Crippen molar-refractivity contribution >= 4 is 21.4 Å². The van der Waals surface area contributed by atoms with Gasteiger partial charge in [0.25, 0.3) is 0 Å². The van der Waals surface area contributed by atoms with Crippen LogP contribution in [0.2, 0.25) is 0 Å². The molecular formula is C15H22FN3O3S. The average molecular weight is 343 g/mol. The van der Waals surface area contributed by atoms with Crippen LogP contribution in [0.4, 0.5) is 10.1 Å². The molecule has 1 aliphatic heterocycles. The maximum atomic E-state index is 14.3. The molecule has 0 amide bonds. The van der Waals surface area contributed by atoms with E-state index in [-0.39, 0.29) is 17.8 Å². The smallest absolute Gasteiger partial charge is 0.160 e. The van der Waals surface area contributed by atoms with Gasteiger partial charge in [-0.1, -0.05) is 0 Å². The van der Waals surface area contributed by atoms with Gasteiger partial charge < -0.3 is 16.2 Å². The van der Waals surface area contributed by atoms with E-state index in [0.29, 0.717) is 5.69 Å². The molecule has 0 aromatic heterocycles. The molecule has 2 rings (SSSR count). The Balaban J connectivity index is 2.70. The number of rotatable bonds is 3. The second-order valence-electron chi connectivity index (χ2n) is 6.32. The van der Waals surface area contributed by atoms with Crippen LogP contribution in [0.1, 0.15) is 25.8 Å². The van der Waals surface area contributed by atoms with E-state index < -0.39 is 32.0 Å². The predicted octanol–water partition coefficient (Wildman–Crippen LogP) is 1.20. The minimum Gasteiger partial charge on any atom is -0.399 e. The van der Waals surface area contributed by atoms with Crippen molar-refractivity contribution in [2.75, 3.05) is 19.1 Å². The number of nitrogen functional groups attached to an aromatic ring is 1. The van der Waals surface area contributed by atoms with Crippen LogP contribution in [0.5, 0.6) is 0 Å². The lowest BCUT2D eigenvalue weighted by Crippen LogP contribution is -2.58. The summed E-state index contributed by atoms with van der Waals surface area (Å²) in [5, 5.41) is 0. The molecule has 0 radical (unpaired) electrons. The van der Waals surface area contributed by atoms with Crippen molar-refractivity contribution in [1.29, 1.82) is 0 Å². The summed E-state index contributed by atoms with van der Waals surface area (Å²) in [5.74, 6) is -0.555. The number of aliphatic imine (C=N–C) groups is 1. The second kappa shape index (κ2) is 5.45. The van der Waals surface area contributed by atoms with Crippen molar-refractivity contribution in [2.45, 2.75) is 36.7 Å². The Labute approximate surface area is 135 Å². The van der Waals surface area contributed by atoms with Crippen LogP contribution in [0.25, 0.3) is 0 Å². The van der Waals surface area contributed by atoms with E-state index in [2.05, 4.69) is 4.99 Å². The first-order chi connectivity index (χ1) is 10.5. The number of nitrogens with two attached hydrogens (primary N) is 2. The molecule has 0 spiro atoms. The van der Waals surface area contributed by atoms with Crippen LogP contribution >= 0.6 is 0 Å². The zero-order valence-electron chi connectivity index (χ0n) is 13.6. The molecule has 6 nitrogen and oxygen atoms in total. The Morgan fingerprint density at radius 2 is 1.96 bits per heavy atom. The highest BCUT2D eigenvalue weighted by molar-refractivity contribution is 7.92. The van der Waals surface area contributed by atoms with E-state index >= 15 is 0 Å². The predicted molar refractivity (Wildman–Crippen MR) is 88.4 cm³/mol. The Morgan fingerprint density at radius 1 is 1.35 bits per heavy atom. The highest BCUT2D eigenvalue weighted by atomic mass is 32.2. The van der Waals surface area contributed by atoms with Crippen molar-refractivity contribution in [2.24, 2.45) is 10.7 Å². The van der Waals surface area contributed by atoms with E-state index in [1.54, 1.807) is 6.92 Å². The molecule has 1 aromatic rings. The van der Waals surface area contributed by atoms with Crippen molar-refractivity contribution in [3.63, 3.8) is 0 Å². The molecule has 0 unspecified atom stereocenters. The normalized spacial score (nSPS) is 31.7. The number of sulfone groups is 1. The van der Waals surface area contributed by atoms with Gasteiger partial charge in [-0.25, -0.2) is 12.8 Å². The van der Waals surface area contributed by atoms with Crippen LogP contribution in [-0.4, -0.2) is 38.5 Å². The molecule has 128 valence electrons. The lowest BCUT2D eigenvalue weighted by Gasteiger charge is -2.44. The van der Waals surface area contributed by atoms with E-state index in [9.17, 15) is 12.8 Å². The molecule has 1 aliphatic rings. The van der Waals surface area contributed by atoms with Gasteiger partial charge in [0, 0.05) is 31.0 Å². The quantitative estimate of drug-likeness (QED) is 0.802. The van der Waals surface area contributed by atoms with E-state index in [1.165, 1.54) is 32.2 Å². The summed E-state index contributed by atoms with van der Waals surface area (Å²) in [6.07, 6.45) is 0.500. The standard InChI is InChI=1S/C15H22FN3O3S/c1-14(23(4,20)21)8-12(22-3)15(2,19-13(14)18)10-7-9(17)5-6-11(10)16/h5-7,12H,8,17H2,1-4H3,(H2,18,19)/t12-,14-,15+/m0/s1. The topological polar surface area (TPSA) is 108 Å². The van der Waals surface area contributed by atoms with Gasteiger partial charge in [-0.05, 0) is 32.0 Å². The number of benzene rings is 1. The highest BCUT2D eigenvalue weighted by Crippen LogP contribution is 2.43. The van der Waals surface area contributed by atoms with Gasteiger partial charge >= 0.3 is 0 Å². The number of nitrogens with zero attached hydrogens (tertiary/aromatic N) is 1. The van der Waals surface area contributed by atoms with Gasteiger partial charge in [-0.2, -0.15) is 0 Å². The number of amidine groups is 1. The fourth-order valence-corrected chi connectivity index (χ4v) is 3.80. The van der Waals surface area contributed by atoms with E-state index in [1.807, 2.05) is 0 Å². The Bertz CT molecular complexity index is 765. The third kappa shape index (κ3) is 2.70. The van der Waals surface area contributed by atoms with Crippen molar-refractivity contribution in [3.05, 3.63) is 29.6 Å². The Morgan fingerprint density at radius 3 is 2.48 bits per heavy atom. The lowest BCUT2D eigenvalue weighted by atomic mass is 9.78. The first kappa shape index (κ1) is 17.7. The largest absolute Gasteiger partial charge is 0.399 e. The molecule has 0 saturated heterocycles. The molecule has 0 aliphatic carbocycles. The van der Waals surface area contributed by atoms with Gasteiger partial charge in [-0.3, -0.25) is 4.99 Å². The Hall–Kier alpha value is -1.67. The summed E-state index contributed by atoms with van der Waals surface area (Å²) >= 11 is 0. The van der Waals surface area contributed by atoms with E-state index in [4.69, 9.17) is 16.2 Å². The van der Waals surface area contributed by atoms with Crippen LogP contribution in [0.3, 0.4) is 0 Å². The molecule has 1 aromatic carbocycles. The lowest BCUT2D eigenvalue weighted by molar-refractivity contribution is 0.0246. The minimum atomic E-state index is -3.52. The maximum Gasteiger partial charge on any atom is 0.160 e. The molecule has 0 saturated carbocycles. The molecule has 1 heterocycles. The fourth-order valence-electron chi connectivity index (χ4n) is 2.92. The number of hydrogen-bond donors (Lipinski definition) is 2. The first-order valence-electron chi connectivity index (χ1n) is 7.09. The zero-order valence-corrected chi connectivity index (χ0v) is 14.4. The first-order valence-corrected chi connectivity index (χ1v) is 8.98. The van der Waals surface area contributed by atoms with Gasteiger partial charge in [0.05, 0.1) is 6.10 Å². The Kier molecular flexibility index (Phi) is 4.19.